The molecule has 0 amide bonds. The smallest absolute Gasteiger partial charge is 0.122 e. The van der Waals surface area contributed by atoms with Gasteiger partial charge in [-0.1, -0.05) is 18.2 Å². The minimum absolute atomic E-state index is 0.623. The van der Waals surface area contributed by atoms with Crippen molar-refractivity contribution in [3.63, 3.8) is 0 Å². The van der Waals surface area contributed by atoms with Crippen molar-refractivity contribution in [2.24, 2.45) is 5.73 Å². The lowest BCUT2D eigenvalue weighted by molar-refractivity contribution is 0.301. The summed E-state index contributed by atoms with van der Waals surface area (Å²) >= 11 is 0. The van der Waals surface area contributed by atoms with Crippen LogP contribution in [0.2, 0.25) is 0 Å². The minimum Gasteiger partial charge on any atom is -0.493 e. The van der Waals surface area contributed by atoms with Gasteiger partial charge in [0.05, 0.1) is 17.6 Å². The monoisotopic (exact) mass is 351 g/mol. The lowest BCUT2D eigenvalue weighted by Crippen LogP contribution is -2.11. The number of imidazole rings is 1. The zero-order valence-corrected chi connectivity index (χ0v) is 16.1. The molecular formula is C22H29N3O. The van der Waals surface area contributed by atoms with Crippen LogP contribution in [0.15, 0.2) is 36.4 Å². The Hall–Kier alpha value is -2.33. The number of ether oxygens (including phenoxy) is 1. The van der Waals surface area contributed by atoms with Crippen LogP contribution in [0.3, 0.4) is 0 Å². The van der Waals surface area contributed by atoms with E-state index in [0.29, 0.717) is 6.54 Å². The van der Waals surface area contributed by atoms with Crippen molar-refractivity contribution in [2.45, 2.75) is 46.6 Å². The fraction of sp³-hybridized carbons (Fsp3) is 0.409. The van der Waals surface area contributed by atoms with Gasteiger partial charge < -0.3 is 15.0 Å². The number of benzene rings is 2. The number of para-hydroxylation sites is 1. The summed E-state index contributed by atoms with van der Waals surface area (Å²) in [5, 5.41) is 0. The van der Waals surface area contributed by atoms with Gasteiger partial charge in [-0.3, -0.25) is 0 Å². The van der Waals surface area contributed by atoms with Crippen molar-refractivity contribution in [3.8, 4) is 5.75 Å². The lowest BCUT2D eigenvalue weighted by atomic mass is 10.1. The second-order valence-corrected chi connectivity index (χ2v) is 6.96. The van der Waals surface area contributed by atoms with E-state index in [9.17, 15) is 0 Å². The van der Waals surface area contributed by atoms with Gasteiger partial charge in [0.1, 0.15) is 11.6 Å². The topological polar surface area (TPSA) is 53.1 Å². The average molecular weight is 351 g/mol. The number of hydrogen-bond donors (Lipinski definition) is 1. The molecule has 0 aliphatic heterocycles. The van der Waals surface area contributed by atoms with Crippen LogP contribution < -0.4 is 10.5 Å². The van der Waals surface area contributed by atoms with Gasteiger partial charge in [-0.25, -0.2) is 4.98 Å². The number of hydrogen-bond acceptors (Lipinski definition) is 3. The molecule has 1 heterocycles. The zero-order valence-electron chi connectivity index (χ0n) is 16.1. The third kappa shape index (κ3) is 4.07. The van der Waals surface area contributed by atoms with Crippen molar-refractivity contribution in [2.75, 3.05) is 13.2 Å². The van der Waals surface area contributed by atoms with Gasteiger partial charge in [0, 0.05) is 13.0 Å². The first-order chi connectivity index (χ1) is 12.6. The standard InChI is InChI=1S/C22H29N3O/c1-16-8-4-5-9-21(16)26-13-7-6-12-25-20-15-18(3)17(2)14-19(20)24-22(25)10-11-23/h4-5,8-9,14-15H,6-7,10-13,23H2,1-3H3. The number of nitrogens with two attached hydrogens (primary N) is 1. The molecule has 0 unspecified atom stereocenters. The number of aryl methyl sites for hydroxylation is 4. The maximum absolute atomic E-state index is 5.91. The molecule has 4 nitrogen and oxygen atoms in total. The summed E-state index contributed by atoms with van der Waals surface area (Å²) < 4.78 is 8.25. The first-order valence-corrected chi connectivity index (χ1v) is 9.45. The molecule has 0 spiro atoms. The molecule has 138 valence electrons. The number of aromatic nitrogens is 2. The molecule has 0 saturated heterocycles. The molecule has 3 aromatic rings. The molecule has 26 heavy (non-hydrogen) atoms. The molecule has 0 aliphatic rings. The van der Waals surface area contributed by atoms with Crippen LogP contribution >= 0.6 is 0 Å². The second-order valence-electron chi connectivity index (χ2n) is 6.96. The quantitative estimate of drug-likeness (QED) is 0.615. The van der Waals surface area contributed by atoms with E-state index in [0.717, 1.165) is 49.5 Å². The summed E-state index contributed by atoms with van der Waals surface area (Å²) in [6.45, 7) is 8.69. The lowest BCUT2D eigenvalue weighted by Gasteiger charge is -2.11. The van der Waals surface area contributed by atoms with Crippen LogP contribution in [0, 0.1) is 20.8 Å². The summed E-state index contributed by atoms with van der Waals surface area (Å²) in [4.78, 5) is 4.81. The molecule has 0 bridgehead atoms. The zero-order chi connectivity index (χ0) is 18.5. The predicted molar refractivity (Wildman–Crippen MR) is 108 cm³/mol. The van der Waals surface area contributed by atoms with E-state index in [4.69, 9.17) is 15.5 Å². The molecular weight excluding hydrogens is 322 g/mol. The Balaban J connectivity index is 1.65. The predicted octanol–water partition coefficient (Wildman–Crippen LogP) is 4.32. The number of fused-ring (bicyclic) bond motifs is 1. The first kappa shape index (κ1) is 18.5. The van der Waals surface area contributed by atoms with E-state index >= 15 is 0 Å². The molecule has 0 aliphatic carbocycles. The largest absolute Gasteiger partial charge is 0.493 e. The Kier molecular flexibility index (Phi) is 5.94. The minimum atomic E-state index is 0.623. The van der Waals surface area contributed by atoms with Gasteiger partial charge in [0.15, 0.2) is 0 Å². The van der Waals surface area contributed by atoms with Gasteiger partial charge >= 0.3 is 0 Å². The van der Waals surface area contributed by atoms with E-state index in [1.165, 1.54) is 22.2 Å². The van der Waals surface area contributed by atoms with Crippen molar-refractivity contribution < 1.29 is 4.74 Å². The van der Waals surface area contributed by atoms with Crippen LogP contribution in [0.4, 0.5) is 0 Å². The highest BCUT2D eigenvalue weighted by atomic mass is 16.5. The van der Waals surface area contributed by atoms with Crippen LogP contribution in [-0.2, 0) is 13.0 Å². The molecule has 0 fully saturated rings. The third-order valence-corrected chi connectivity index (χ3v) is 4.94. The average Bonchev–Trinajstić information content (AvgIpc) is 2.93. The van der Waals surface area contributed by atoms with Crippen LogP contribution in [0.25, 0.3) is 11.0 Å². The van der Waals surface area contributed by atoms with Crippen LogP contribution in [0.1, 0.15) is 35.4 Å². The fourth-order valence-electron chi connectivity index (χ4n) is 3.27. The van der Waals surface area contributed by atoms with Gasteiger partial charge in [0.25, 0.3) is 0 Å². The molecule has 1 aromatic heterocycles. The Morgan fingerprint density at radius 1 is 1.00 bits per heavy atom. The fourth-order valence-corrected chi connectivity index (χ4v) is 3.27. The maximum atomic E-state index is 5.91. The van der Waals surface area contributed by atoms with Crippen molar-refractivity contribution >= 4 is 11.0 Å². The Labute approximate surface area is 156 Å². The van der Waals surface area contributed by atoms with Gasteiger partial charge in [0.2, 0.25) is 0 Å². The summed E-state index contributed by atoms with van der Waals surface area (Å²) in [6, 6.07) is 12.6. The molecule has 0 atom stereocenters. The SMILES string of the molecule is Cc1cc2nc(CCN)n(CCCCOc3ccccc3C)c2cc1C. The normalized spacial score (nSPS) is 11.2. The number of nitrogens with zero attached hydrogens (tertiary/aromatic N) is 2. The van der Waals surface area contributed by atoms with E-state index in [2.05, 4.69) is 43.5 Å². The summed E-state index contributed by atoms with van der Waals surface area (Å²) in [5.74, 6) is 2.07. The maximum Gasteiger partial charge on any atom is 0.122 e. The highest BCUT2D eigenvalue weighted by Gasteiger charge is 2.11. The highest BCUT2D eigenvalue weighted by molar-refractivity contribution is 5.78. The Morgan fingerprint density at radius 2 is 1.77 bits per heavy atom. The van der Waals surface area contributed by atoms with Gasteiger partial charge in [-0.2, -0.15) is 0 Å². The second kappa shape index (κ2) is 8.37. The van der Waals surface area contributed by atoms with E-state index in [1.54, 1.807) is 0 Å². The molecule has 0 radical (unpaired) electrons. The number of rotatable bonds is 8. The number of unbranched alkanes of at least 4 members (excludes halogenated alkanes) is 1. The first-order valence-electron chi connectivity index (χ1n) is 9.45. The molecule has 3 rings (SSSR count). The van der Waals surface area contributed by atoms with E-state index < -0.39 is 0 Å². The van der Waals surface area contributed by atoms with Gasteiger partial charge in [-0.05, 0) is 75.0 Å². The summed E-state index contributed by atoms with van der Waals surface area (Å²) in [7, 11) is 0. The Bertz CT molecular complexity index is 882. The van der Waals surface area contributed by atoms with Crippen molar-refractivity contribution in [3.05, 3.63) is 58.9 Å². The highest BCUT2D eigenvalue weighted by Crippen LogP contribution is 2.22. The molecule has 2 aromatic carbocycles. The van der Waals surface area contributed by atoms with Crippen LogP contribution in [-0.4, -0.2) is 22.7 Å². The van der Waals surface area contributed by atoms with Crippen molar-refractivity contribution in [1.29, 1.82) is 0 Å². The molecule has 0 saturated carbocycles. The third-order valence-electron chi connectivity index (χ3n) is 4.94. The van der Waals surface area contributed by atoms with Gasteiger partial charge in [-0.15, -0.1) is 0 Å². The van der Waals surface area contributed by atoms with Crippen molar-refractivity contribution in [1.82, 2.24) is 9.55 Å². The summed E-state index contributed by atoms with van der Waals surface area (Å²) in [5.41, 5.74) is 11.9. The summed E-state index contributed by atoms with van der Waals surface area (Å²) in [6.07, 6.45) is 2.88. The van der Waals surface area contributed by atoms with E-state index in [1.807, 2.05) is 18.2 Å². The van der Waals surface area contributed by atoms with Crippen LogP contribution in [0.5, 0.6) is 5.75 Å². The molecule has 2 N–H and O–H groups in total. The Morgan fingerprint density at radius 3 is 2.54 bits per heavy atom. The van der Waals surface area contributed by atoms with E-state index in [-0.39, 0.29) is 0 Å². The molecule has 4 heteroatoms.